The molecule has 0 radical (unpaired) electrons. The van der Waals surface area contributed by atoms with Crippen LogP contribution >= 0.6 is 0 Å². The Kier molecular flexibility index (Phi) is 7.10. The van der Waals surface area contributed by atoms with Gasteiger partial charge in [-0.15, -0.1) is 0 Å². The van der Waals surface area contributed by atoms with Gasteiger partial charge in [0.15, 0.2) is 0 Å². The van der Waals surface area contributed by atoms with Crippen molar-refractivity contribution in [2.45, 2.75) is 31.6 Å². The van der Waals surface area contributed by atoms with Gasteiger partial charge in [0, 0.05) is 26.2 Å². The van der Waals surface area contributed by atoms with E-state index in [4.69, 9.17) is 4.74 Å². The average Bonchev–Trinajstić information content (AvgIpc) is 2.71. The summed E-state index contributed by atoms with van der Waals surface area (Å²) in [4.78, 5) is 2.43. The van der Waals surface area contributed by atoms with Crippen LogP contribution in [-0.4, -0.2) is 44.3 Å². The molecule has 0 aliphatic carbocycles. The largest absolute Gasteiger partial charge is 0.416 e. The third-order valence-electron chi connectivity index (χ3n) is 5.29. The van der Waals surface area contributed by atoms with E-state index in [0.29, 0.717) is 6.04 Å². The van der Waals surface area contributed by atoms with Gasteiger partial charge in [0.25, 0.3) is 0 Å². The summed E-state index contributed by atoms with van der Waals surface area (Å²) in [7, 11) is 1.73. The normalized spacial score (nSPS) is 16.4. The lowest BCUT2D eigenvalue weighted by Crippen LogP contribution is -2.43. The third kappa shape index (κ3) is 5.80. The molecule has 152 valence electrons. The summed E-state index contributed by atoms with van der Waals surface area (Å²) in [5, 5.41) is 3.61. The second-order valence-corrected chi connectivity index (χ2v) is 7.26. The van der Waals surface area contributed by atoms with Crippen LogP contribution in [0.1, 0.15) is 24.0 Å². The summed E-state index contributed by atoms with van der Waals surface area (Å²) in [5.74, 6) is 0. The molecule has 1 fully saturated rings. The molecule has 0 atom stereocenters. The van der Waals surface area contributed by atoms with Gasteiger partial charge in [0.1, 0.15) is 0 Å². The second-order valence-electron chi connectivity index (χ2n) is 7.26. The summed E-state index contributed by atoms with van der Waals surface area (Å²) in [5.41, 5.74) is 2.27. The zero-order valence-corrected chi connectivity index (χ0v) is 16.1. The molecule has 1 aliphatic rings. The summed E-state index contributed by atoms with van der Waals surface area (Å²) >= 11 is 0. The molecule has 0 amide bonds. The van der Waals surface area contributed by atoms with Crippen molar-refractivity contribution in [1.82, 2.24) is 10.2 Å². The van der Waals surface area contributed by atoms with Crippen molar-refractivity contribution in [2.75, 3.05) is 33.4 Å². The number of methoxy groups -OCH3 is 1. The van der Waals surface area contributed by atoms with Crippen LogP contribution < -0.4 is 5.32 Å². The maximum absolute atomic E-state index is 12.7. The summed E-state index contributed by atoms with van der Waals surface area (Å²) in [6, 6.07) is 13.8. The molecule has 3 rings (SSSR count). The molecule has 1 N–H and O–H groups in total. The zero-order chi connectivity index (χ0) is 20.0. The van der Waals surface area contributed by atoms with Crippen LogP contribution in [0.4, 0.5) is 13.2 Å². The van der Waals surface area contributed by atoms with Crippen LogP contribution in [0, 0.1) is 0 Å². The van der Waals surface area contributed by atoms with E-state index in [9.17, 15) is 13.2 Å². The minimum absolute atomic E-state index is 0.522. The molecule has 0 aromatic heterocycles. The average molecular weight is 392 g/mol. The van der Waals surface area contributed by atoms with E-state index >= 15 is 0 Å². The molecular weight excluding hydrogens is 365 g/mol. The van der Waals surface area contributed by atoms with Gasteiger partial charge >= 0.3 is 6.18 Å². The first-order chi connectivity index (χ1) is 13.5. The number of hydrogen-bond donors (Lipinski definition) is 1. The predicted octanol–water partition coefficient (Wildman–Crippen LogP) is 4.57. The summed E-state index contributed by atoms with van der Waals surface area (Å²) in [6.45, 7) is 4.76. The standard InChI is InChI=1S/C22H27F3N2O/c1-28-15-14-27-12-10-21(11-13-27)26-16-17-2-4-18(5-3-17)19-6-8-20(9-7-19)22(23,24)25/h2-9,21,26H,10-16H2,1H3. The van der Waals surface area contributed by atoms with Crippen molar-refractivity contribution in [1.29, 1.82) is 0 Å². The minimum atomic E-state index is -4.30. The van der Waals surface area contributed by atoms with Crippen molar-refractivity contribution < 1.29 is 17.9 Å². The molecule has 0 saturated carbocycles. The van der Waals surface area contributed by atoms with Gasteiger partial charge < -0.3 is 15.0 Å². The SMILES string of the molecule is COCCN1CCC(NCc2ccc(-c3ccc(C(F)(F)F)cc3)cc2)CC1. The maximum Gasteiger partial charge on any atom is 0.416 e. The Morgan fingerprint density at radius 1 is 0.964 bits per heavy atom. The fourth-order valence-corrected chi connectivity index (χ4v) is 3.51. The molecule has 0 bridgehead atoms. The molecule has 1 saturated heterocycles. The number of nitrogens with one attached hydrogen (secondary N) is 1. The fourth-order valence-electron chi connectivity index (χ4n) is 3.51. The van der Waals surface area contributed by atoms with Crippen molar-refractivity contribution >= 4 is 0 Å². The van der Waals surface area contributed by atoms with Gasteiger partial charge in [-0.3, -0.25) is 0 Å². The number of benzene rings is 2. The van der Waals surface area contributed by atoms with Gasteiger partial charge in [0.2, 0.25) is 0 Å². The third-order valence-corrected chi connectivity index (χ3v) is 5.29. The smallest absolute Gasteiger partial charge is 0.383 e. The monoisotopic (exact) mass is 392 g/mol. The van der Waals surface area contributed by atoms with Crippen LogP contribution in [0.3, 0.4) is 0 Å². The lowest BCUT2D eigenvalue weighted by Gasteiger charge is -2.32. The topological polar surface area (TPSA) is 24.5 Å². The first-order valence-electron chi connectivity index (χ1n) is 9.67. The van der Waals surface area contributed by atoms with Crippen LogP contribution in [-0.2, 0) is 17.5 Å². The number of alkyl halides is 3. The number of piperidine rings is 1. The molecule has 0 unspecified atom stereocenters. The van der Waals surface area contributed by atoms with Gasteiger partial charge in [-0.2, -0.15) is 13.2 Å². The molecule has 6 heteroatoms. The first-order valence-corrected chi connectivity index (χ1v) is 9.67. The number of likely N-dealkylation sites (tertiary alicyclic amines) is 1. The lowest BCUT2D eigenvalue weighted by atomic mass is 10.0. The van der Waals surface area contributed by atoms with Gasteiger partial charge in [-0.25, -0.2) is 0 Å². The quantitative estimate of drug-likeness (QED) is 0.747. The predicted molar refractivity (Wildman–Crippen MR) is 105 cm³/mol. The molecule has 1 heterocycles. The van der Waals surface area contributed by atoms with E-state index in [-0.39, 0.29) is 0 Å². The fraction of sp³-hybridized carbons (Fsp3) is 0.455. The molecule has 3 nitrogen and oxygen atoms in total. The molecule has 0 spiro atoms. The Labute approximate surface area is 164 Å². The van der Waals surface area contributed by atoms with Crippen molar-refractivity contribution in [3.8, 4) is 11.1 Å². The van der Waals surface area contributed by atoms with Crippen molar-refractivity contribution in [2.24, 2.45) is 0 Å². The number of ether oxygens (including phenoxy) is 1. The van der Waals surface area contributed by atoms with Crippen LogP contribution in [0.5, 0.6) is 0 Å². The Balaban J connectivity index is 1.49. The van der Waals surface area contributed by atoms with Gasteiger partial charge in [0.05, 0.1) is 12.2 Å². The number of rotatable bonds is 7. The van der Waals surface area contributed by atoms with E-state index < -0.39 is 11.7 Å². The van der Waals surface area contributed by atoms with Crippen LogP contribution in [0.25, 0.3) is 11.1 Å². The molecule has 2 aromatic carbocycles. The Morgan fingerprint density at radius 2 is 1.54 bits per heavy atom. The second kappa shape index (κ2) is 9.54. The minimum Gasteiger partial charge on any atom is -0.383 e. The molecule has 28 heavy (non-hydrogen) atoms. The highest BCUT2D eigenvalue weighted by Crippen LogP contribution is 2.31. The summed E-state index contributed by atoms with van der Waals surface area (Å²) in [6.07, 6.45) is -2.03. The highest BCUT2D eigenvalue weighted by atomic mass is 19.4. The van der Waals surface area contributed by atoms with E-state index in [1.54, 1.807) is 7.11 Å². The number of nitrogens with zero attached hydrogens (tertiary/aromatic N) is 1. The van der Waals surface area contributed by atoms with Gasteiger partial charge in [-0.05, 0) is 54.8 Å². The summed E-state index contributed by atoms with van der Waals surface area (Å²) < 4.78 is 43.2. The van der Waals surface area contributed by atoms with Crippen molar-refractivity contribution in [3.63, 3.8) is 0 Å². The highest BCUT2D eigenvalue weighted by Gasteiger charge is 2.29. The number of hydrogen-bond acceptors (Lipinski definition) is 3. The highest BCUT2D eigenvalue weighted by molar-refractivity contribution is 5.64. The Bertz CT molecular complexity index is 721. The van der Waals surface area contributed by atoms with Crippen LogP contribution in [0.2, 0.25) is 0 Å². The molecular formula is C22H27F3N2O. The molecule has 1 aliphatic heterocycles. The maximum atomic E-state index is 12.7. The van der Waals surface area contributed by atoms with Crippen LogP contribution in [0.15, 0.2) is 48.5 Å². The Morgan fingerprint density at radius 3 is 2.07 bits per heavy atom. The molecule has 2 aromatic rings. The zero-order valence-electron chi connectivity index (χ0n) is 16.1. The van der Waals surface area contributed by atoms with E-state index in [2.05, 4.69) is 10.2 Å². The van der Waals surface area contributed by atoms with Gasteiger partial charge in [-0.1, -0.05) is 36.4 Å². The van der Waals surface area contributed by atoms with E-state index in [1.807, 2.05) is 24.3 Å². The van der Waals surface area contributed by atoms with Crippen molar-refractivity contribution in [3.05, 3.63) is 59.7 Å². The van der Waals surface area contributed by atoms with E-state index in [1.165, 1.54) is 17.7 Å². The lowest BCUT2D eigenvalue weighted by molar-refractivity contribution is -0.137. The number of halogens is 3. The first kappa shape index (κ1) is 20.8. The Hall–Kier alpha value is -1.89. The van der Waals surface area contributed by atoms with E-state index in [0.717, 1.165) is 68.9 Å².